The molecule has 3 fully saturated rings. The number of fused-ring (bicyclic) bond motifs is 1. The maximum atomic E-state index is 13.5. The summed E-state index contributed by atoms with van der Waals surface area (Å²) in [6.45, 7) is 12.9. The molecule has 6 heteroatoms. The SMILES string of the molecule is CCN1CC[C@@]2(CN(CC(C)C)CC23CCN(C(=O)Cc2ccsc2)CC3)C1=O. The molecule has 5 nitrogen and oxygen atoms in total. The van der Waals surface area contributed by atoms with Crippen LogP contribution in [0.5, 0.6) is 0 Å². The van der Waals surface area contributed by atoms with Gasteiger partial charge in [0.15, 0.2) is 0 Å². The van der Waals surface area contributed by atoms with Gasteiger partial charge in [0.1, 0.15) is 0 Å². The van der Waals surface area contributed by atoms with Gasteiger partial charge in [0, 0.05) is 51.2 Å². The normalized spacial score (nSPS) is 27.1. The van der Waals surface area contributed by atoms with Crippen LogP contribution in [0.2, 0.25) is 0 Å². The molecule has 160 valence electrons. The Balaban J connectivity index is 1.50. The van der Waals surface area contributed by atoms with Crippen LogP contribution in [0, 0.1) is 16.7 Å². The van der Waals surface area contributed by atoms with Crippen molar-refractivity contribution in [2.24, 2.45) is 16.7 Å². The number of amides is 2. The molecule has 0 bridgehead atoms. The van der Waals surface area contributed by atoms with Gasteiger partial charge in [0.25, 0.3) is 0 Å². The van der Waals surface area contributed by atoms with E-state index in [1.807, 2.05) is 16.3 Å². The zero-order valence-corrected chi connectivity index (χ0v) is 19.0. The Morgan fingerprint density at radius 2 is 1.93 bits per heavy atom. The van der Waals surface area contributed by atoms with Crippen molar-refractivity contribution in [2.45, 2.75) is 46.5 Å². The fourth-order valence-electron chi connectivity index (χ4n) is 6.11. The summed E-state index contributed by atoms with van der Waals surface area (Å²) in [6, 6.07) is 2.04. The standard InChI is InChI=1S/C23H35N3O2S/c1-4-25-11-8-23(21(25)28)17-24(14-18(2)3)16-22(23)6-9-26(10-7-22)20(27)13-19-5-12-29-15-19/h5,12,15,18H,4,6-11,13-14,16-17H2,1-3H3/t23-/m1/s1. The second-order valence-corrected chi connectivity index (χ2v) is 10.5. The highest BCUT2D eigenvalue weighted by Gasteiger charge is 2.64. The first kappa shape index (κ1) is 20.9. The first-order chi connectivity index (χ1) is 13.9. The molecule has 0 radical (unpaired) electrons. The maximum Gasteiger partial charge on any atom is 0.230 e. The smallest absolute Gasteiger partial charge is 0.230 e. The van der Waals surface area contributed by atoms with E-state index in [9.17, 15) is 9.59 Å². The van der Waals surface area contributed by atoms with Crippen molar-refractivity contribution in [1.82, 2.24) is 14.7 Å². The second kappa shape index (κ2) is 8.03. The summed E-state index contributed by atoms with van der Waals surface area (Å²) in [5, 5.41) is 4.10. The minimum atomic E-state index is -0.236. The van der Waals surface area contributed by atoms with E-state index in [0.717, 1.165) is 70.6 Å². The van der Waals surface area contributed by atoms with Gasteiger partial charge in [-0.25, -0.2) is 0 Å². The van der Waals surface area contributed by atoms with Crippen LogP contribution in [0.4, 0.5) is 0 Å². The highest BCUT2D eigenvalue weighted by molar-refractivity contribution is 7.08. The zero-order valence-electron chi connectivity index (χ0n) is 18.2. The van der Waals surface area contributed by atoms with E-state index in [0.29, 0.717) is 18.2 Å². The fourth-order valence-corrected chi connectivity index (χ4v) is 6.78. The molecule has 3 aliphatic heterocycles. The van der Waals surface area contributed by atoms with Gasteiger partial charge in [0.2, 0.25) is 11.8 Å². The fraction of sp³-hybridized carbons (Fsp3) is 0.739. The van der Waals surface area contributed by atoms with E-state index in [2.05, 4.69) is 36.0 Å². The number of carbonyl (C=O) groups excluding carboxylic acids is 2. The molecule has 3 aliphatic rings. The number of thiophene rings is 1. The number of nitrogens with zero attached hydrogens (tertiary/aromatic N) is 3. The summed E-state index contributed by atoms with van der Waals surface area (Å²) < 4.78 is 0. The van der Waals surface area contributed by atoms with Gasteiger partial charge < -0.3 is 14.7 Å². The third kappa shape index (κ3) is 3.63. The van der Waals surface area contributed by atoms with E-state index in [4.69, 9.17) is 0 Å². The average molecular weight is 418 g/mol. The monoisotopic (exact) mass is 417 g/mol. The molecule has 0 N–H and O–H groups in total. The van der Waals surface area contributed by atoms with Crippen LogP contribution in [0.25, 0.3) is 0 Å². The van der Waals surface area contributed by atoms with E-state index >= 15 is 0 Å². The Bertz CT molecular complexity index is 739. The molecule has 0 saturated carbocycles. The average Bonchev–Trinajstić information content (AvgIpc) is 3.37. The highest BCUT2D eigenvalue weighted by atomic mass is 32.1. The predicted molar refractivity (Wildman–Crippen MR) is 117 cm³/mol. The van der Waals surface area contributed by atoms with Crippen LogP contribution in [-0.4, -0.2) is 72.3 Å². The van der Waals surface area contributed by atoms with E-state index in [1.165, 1.54) is 0 Å². The van der Waals surface area contributed by atoms with Crippen LogP contribution >= 0.6 is 11.3 Å². The number of carbonyl (C=O) groups is 2. The third-order valence-electron chi connectivity index (χ3n) is 7.55. The van der Waals surface area contributed by atoms with Crippen molar-refractivity contribution in [1.29, 1.82) is 0 Å². The van der Waals surface area contributed by atoms with Crippen molar-refractivity contribution in [3.63, 3.8) is 0 Å². The van der Waals surface area contributed by atoms with Crippen molar-refractivity contribution >= 4 is 23.2 Å². The lowest BCUT2D eigenvalue weighted by atomic mass is 9.60. The van der Waals surface area contributed by atoms with E-state index in [1.54, 1.807) is 11.3 Å². The molecule has 0 unspecified atom stereocenters. The van der Waals surface area contributed by atoms with Crippen molar-refractivity contribution < 1.29 is 9.59 Å². The number of hydrogen-bond acceptors (Lipinski definition) is 4. The molecule has 1 atom stereocenters. The molecular weight excluding hydrogens is 382 g/mol. The van der Waals surface area contributed by atoms with Gasteiger partial charge in [0.05, 0.1) is 11.8 Å². The van der Waals surface area contributed by atoms with Crippen molar-refractivity contribution in [2.75, 3.05) is 45.8 Å². The Morgan fingerprint density at radius 3 is 2.52 bits per heavy atom. The number of hydrogen-bond donors (Lipinski definition) is 0. The molecule has 0 aliphatic carbocycles. The van der Waals surface area contributed by atoms with Gasteiger partial charge in [-0.05, 0) is 54.5 Å². The van der Waals surface area contributed by atoms with Crippen molar-refractivity contribution in [3.05, 3.63) is 22.4 Å². The largest absolute Gasteiger partial charge is 0.342 e. The first-order valence-electron chi connectivity index (χ1n) is 11.2. The Hall–Kier alpha value is -1.40. The lowest BCUT2D eigenvalue weighted by molar-refractivity contribution is -0.143. The topological polar surface area (TPSA) is 43.9 Å². The molecule has 0 aromatic carbocycles. The summed E-state index contributed by atoms with van der Waals surface area (Å²) in [7, 11) is 0. The number of likely N-dealkylation sites (tertiary alicyclic amines) is 3. The second-order valence-electron chi connectivity index (χ2n) is 9.75. The maximum absolute atomic E-state index is 13.5. The molecule has 29 heavy (non-hydrogen) atoms. The molecule has 1 aromatic heterocycles. The van der Waals surface area contributed by atoms with Crippen LogP contribution in [0.1, 0.15) is 45.6 Å². The van der Waals surface area contributed by atoms with Crippen molar-refractivity contribution in [3.8, 4) is 0 Å². The van der Waals surface area contributed by atoms with Crippen LogP contribution in [0.15, 0.2) is 16.8 Å². The van der Waals surface area contributed by atoms with Gasteiger partial charge in [-0.15, -0.1) is 0 Å². The number of piperidine rings is 1. The summed E-state index contributed by atoms with van der Waals surface area (Å²) >= 11 is 1.65. The summed E-state index contributed by atoms with van der Waals surface area (Å²) in [5.41, 5.74) is 0.910. The Morgan fingerprint density at radius 1 is 1.17 bits per heavy atom. The number of rotatable bonds is 5. The Labute approximate surface area is 179 Å². The molecule has 2 amide bonds. The zero-order chi connectivity index (χ0) is 20.6. The predicted octanol–water partition coefficient (Wildman–Crippen LogP) is 3.11. The van der Waals surface area contributed by atoms with E-state index < -0.39 is 0 Å². The lowest BCUT2D eigenvalue weighted by Crippen LogP contribution is -2.53. The quantitative estimate of drug-likeness (QED) is 0.739. The molecule has 4 rings (SSSR count). The van der Waals surface area contributed by atoms with Gasteiger partial charge in [-0.3, -0.25) is 9.59 Å². The van der Waals surface area contributed by atoms with Crippen LogP contribution in [0.3, 0.4) is 0 Å². The third-order valence-corrected chi connectivity index (χ3v) is 8.29. The first-order valence-corrected chi connectivity index (χ1v) is 12.1. The van der Waals surface area contributed by atoms with Crippen LogP contribution in [-0.2, 0) is 16.0 Å². The molecule has 2 spiro atoms. The molecule has 4 heterocycles. The van der Waals surface area contributed by atoms with Crippen LogP contribution < -0.4 is 0 Å². The molecular formula is C23H35N3O2S. The van der Waals surface area contributed by atoms with Gasteiger partial charge in [-0.2, -0.15) is 11.3 Å². The summed E-state index contributed by atoms with van der Waals surface area (Å²) in [6.07, 6.45) is 3.40. The molecule has 1 aromatic rings. The van der Waals surface area contributed by atoms with Gasteiger partial charge in [-0.1, -0.05) is 13.8 Å². The van der Waals surface area contributed by atoms with Gasteiger partial charge >= 0.3 is 0 Å². The summed E-state index contributed by atoms with van der Waals surface area (Å²) in [5.74, 6) is 1.22. The minimum absolute atomic E-state index is 0.0298. The summed E-state index contributed by atoms with van der Waals surface area (Å²) in [4.78, 5) is 33.0. The lowest BCUT2D eigenvalue weighted by Gasteiger charge is -2.47. The van der Waals surface area contributed by atoms with E-state index in [-0.39, 0.29) is 16.7 Å². The highest BCUT2D eigenvalue weighted by Crippen LogP contribution is 2.57. The minimum Gasteiger partial charge on any atom is -0.342 e. The Kier molecular flexibility index (Phi) is 5.77. The molecule has 3 saturated heterocycles.